The summed E-state index contributed by atoms with van der Waals surface area (Å²) in [7, 11) is 4.67. The molecule has 0 aliphatic carbocycles. The molecule has 0 spiro atoms. The molecule has 0 aliphatic rings. The molecule has 0 aliphatic heterocycles. The zero-order valence-electron chi connectivity index (χ0n) is 15.5. The Hall–Kier alpha value is -3.06. The maximum absolute atomic E-state index is 11.7. The molecule has 0 saturated heterocycles. The van der Waals surface area contributed by atoms with Crippen molar-refractivity contribution in [3.63, 3.8) is 0 Å². The van der Waals surface area contributed by atoms with E-state index in [4.69, 9.17) is 14.2 Å². The number of nitrogens with zero attached hydrogens (tertiary/aromatic N) is 1. The molecule has 0 amide bonds. The summed E-state index contributed by atoms with van der Waals surface area (Å²) in [4.78, 5) is 16.2. The van der Waals surface area contributed by atoms with Crippen molar-refractivity contribution in [2.45, 2.75) is 0 Å². The topological polar surface area (TPSA) is 77.9 Å². The second kappa shape index (κ2) is 8.31. The fourth-order valence-corrected chi connectivity index (χ4v) is 3.20. The summed E-state index contributed by atoms with van der Waals surface area (Å²) in [5.41, 5.74) is 2.05. The van der Waals surface area contributed by atoms with Gasteiger partial charge in [-0.3, -0.25) is 0 Å². The Morgan fingerprint density at radius 3 is 2.29 bits per heavy atom. The van der Waals surface area contributed by atoms with E-state index in [9.17, 15) is 9.90 Å². The SMILES string of the molecule is COc1cc(OC)c(OC)cc1/C=C/c1cc(C(=O)O)c2cc(Br)ccc2n1. The molecule has 6 nitrogen and oxygen atoms in total. The van der Waals surface area contributed by atoms with Crippen molar-refractivity contribution in [1.29, 1.82) is 0 Å². The number of carboxylic acids is 1. The first kappa shape index (κ1) is 19.7. The van der Waals surface area contributed by atoms with Crippen LogP contribution in [0.2, 0.25) is 0 Å². The predicted molar refractivity (Wildman–Crippen MR) is 111 cm³/mol. The summed E-state index contributed by atoms with van der Waals surface area (Å²) in [6, 6.07) is 10.4. The number of rotatable bonds is 6. The van der Waals surface area contributed by atoms with Crippen LogP contribution >= 0.6 is 15.9 Å². The molecule has 0 fully saturated rings. The number of hydrogen-bond acceptors (Lipinski definition) is 5. The summed E-state index contributed by atoms with van der Waals surface area (Å²) < 4.78 is 16.8. The van der Waals surface area contributed by atoms with E-state index in [2.05, 4.69) is 20.9 Å². The Labute approximate surface area is 170 Å². The number of methoxy groups -OCH3 is 3. The second-order valence-corrected chi connectivity index (χ2v) is 6.76. The van der Waals surface area contributed by atoms with Crippen LogP contribution in [0.3, 0.4) is 0 Å². The molecule has 1 N–H and O–H groups in total. The highest BCUT2D eigenvalue weighted by atomic mass is 79.9. The molecule has 0 bridgehead atoms. The van der Waals surface area contributed by atoms with Crippen LogP contribution in [-0.4, -0.2) is 37.4 Å². The molecule has 0 radical (unpaired) electrons. The Morgan fingerprint density at radius 2 is 1.64 bits per heavy atom. The Morgan fingerprint density at radius 1 is 0.964 bits per heavy atom. The van der Waals surface area contributed by atoms with Gasteiger partial charge in [0.15, 0.2) is 11.5 Å². The lowest BCUT2D eigenvalue weighted by molar-refractivity contribution is 0.0699. The molecule has 28 heavy (non-hydrogen) atoms. The van der Waals surface area contributed by atoms with Crippen LogP contribution in [0.25, 0.3) is 23.1 Å². The van der Waals surface area contributed by atoms with Crippen LogP contribution in [0.15, 0.2) is 40.9 Å². The van der Waals surface area contributed by atoms with E-state index in [-0.39, 0.29) is 5.56 Å². The van der Waals surface area contributed by atoms with E-state index in [1.54, 1.807) is 63.8 Å². The molecular weight excluding hydrogens is 426 g/mol. The molecule has 7 heteroatoms. The first-order valence-electron chi connectivity index (χ1n) is 8.28. The van der Waals surface area contributed by atoms with Gasteiger partial charge < -0.3 is 19.3 Å². The van der Waals surface area contributed by atoms with Crippen LogP contribution in [-0.2, 0) is 0 Å². The van der Waals surface area contributed by atoms with Crippen LogP contribution in [0.4, 0.5) is 0 Å². The Bertz CT molecular complexity index is 1080. The number of aromatic carboxylic acids is 1. The van der Waals surface area contributed by atoms with Gasteiger partial charge in [0, 0.05) is 21.5 Å². The standard InChI is InChI=1S/C21H18BrNO5/c1-26-18-11-20(28-3)19(27-2)8-12(18)4-6-14-10-16(21(24)25)15-9-13(22)5-7-17(15)23-14/h4-11H,1-3H3,(H,24,25)/b6-4+. The Kier molecular flexibility index (Phi) is 5.84. The van der Waals surface area contributed by atoms with Gasteiger partial charge in [-0.25, -0.2) is 9.78 Å². The average molecular weight is 444 g/mol. The lowest BCUT2D eigenvalue weighted by Gasteiger charge is -2.12. The van der Waals surface area contributed by atoms with Crippen molar-refractivity contribution >= 4 is 45.0 Å². The third-order valence-electron chi connectivity index (χ3n) is 4.19. The summed E-state index contributed by atoms with van der Waals surface area (Å²) in [5, 5.41) is 10.1. The highest BCUT2D eigenvalue weighted by Crippen LogP contribution is 2.35. The molecule has 0 unspecified atom stereocenters. The highest BCUT2D eigenvalue weighted by molar-refractivity contribution is 9.10. The van der Waals surface area contributed by atoms with Gasteiger partial charge in [-0.2, -0.15) is 0 Å². The number of halogens is 1. The number of pyridine rings is 1. The fraction of sp³-hybridized carbons (Fsp3) is 0.143. The summed E-state index contributed by atoms with van der Waals surface area (Å²) >= 11 is 3.37. The van der Waals surface area contributed by atoms with Crippen LogP contribution in [0.1, 0.15) is 21.6 Å². The number of carboxylic acid groups (broad SMARTS) is 1. The van der Waals surface area contributed by atoms with Crippen molar-refractivity contribution in [3.05, 3.63) is 57.7 Å². The Balaban J connectivity index is 2.08. The van der Waals surface area contributed by atoms with Gasteiger partial charge in [-0.1, -0.05) is 15.9 Å². The number of ether oxygens (including phenoxy) is 3. The monoisotopic (exact) mass is 443 g/mol. The van der Waals surface area contributed by atoms with E-state index in [0.29, 0.717) is 33.8 Å². The highest BCUT2D eigenvalue weighted by Gasteiger charge is 2.13. The molecule has 1 heterocycles. The summed E-state index contributed by atoms with van der Waals surface area (Å²) in [5.74, 6) is 0.700. The van der Waals surface area contributed by atoms with Crippen molar-refractivity contribution in [2.24, 2.45) is 0 Å². The molecule has 0 atom stereocenters. The van der Waals surface area contributed by atoms with Crippen molar-refractivity contribution in [1.82, 2.24) is 4.98 Å². The zero-order chi connectivity index (χ0) is 20.3. The predicted octanol–water partition coefficient (Wildman–Crippen LogP) is 4.89. The van der Waals surface area contributed by atoms with Crippen LogP contribution in [0, 0.1) is 0 Å². The van der Waals surface area contributed by atoms with Gasteiger partial charge >= 0.3 is 5.97 Å². The van der Waals surface area contributed by atoms with Gasteiger partial charge in [0.05, 0.1) is 38.1 Å². The van der Waals surface area contributed by atoms with Gasteiger partial charge in [0.2, 0.25) is 0 Å². The van der Waals surface area contributed by atoms with E-state index < -0.39 is 5.97 Å². The lowest BCUT2D eigenvalue weighted by Crippen LogP contribution is -2.00. The minimum atomic E-state index is -1.01. The number of carbonyl (C=O) groups is 1. The van der Waals surface area contributed by atoms with Gasteiger partial charge in [-0.05, 0) is 42.5 Å². The van der Waals surface area contributed by atoms with Crippen molar-refractivity contribution < 1.29 is 24.1 Å². The van der Waals surface area contributed by atoms with E-state index in [0.717, 1.165) is 10.0 Å². The smallest absolute Gasteiger partial charge is 0.336 e. The van der Waals surface area contributed by atoms with Gasteiger partial charge in [0.1, 0.15) is 5.75 Å². The normalized spacial score (nSPS) is 11.0. The van der Waals surface area contributed by atoms with Crippen LogP contribution < -0.4 is 14.2 Å². The number of benzene rings is 2. The largest absolute Gasteiger partial charge is 0.496 e. The van der Waals surface area contributed by atoms with Gasteiger partial charge in [-0.15, -0.1) is 0 Å². The number of hydrogen-bond donors (Lipinski definition) is 1. The molecule has 3 rings (SSSR count). The lowest BCUT2D eigenvalue weighted by atomic mass is 10.1. The van der Waals surface area contributed by atoms with Crippen molar-refractivity contribution in [2.75, 3.05) is 21.3 Å². The first-order valence-corrected chi connectivity index (χ1v) is 9.07. The minimum Gasteiger partial charge on any atom is -0.496 e. The fourth-order valence-electron chi connectivity index (χ4n) is 2.84. The van der Waals surface area contributed by atoms with E-state index in [1.165, 1.54) is 0 Å². The molecule has 144 valence electrons. The van der Waals surface area contributed by atoms with Gasteiger partial charge in [0.25, 0.3) is 0 Å². The second-order valence-electron chi connectivity index (χ2n) is 5.84. The molecule has 2 aromatic carbocycles. The molecule has 3 aromatic rings. The number of fused-ring (bicyclic) bond motifs is 1. The minimum absolute atomic E-state index is 0.185. The maximum atomic E-state index is 11.7. The van der Waals surface area contributed by atoms with Crippen LogP contribution in [0.5, 0.6) is 17.2 Å². The third-order valence-corrected chi connectivity index (χ3v) is 4.68. The number of aromatic nitrogens is 1. The third kappa shape index (κ3) is 3.94. The quantitative estimate of drug-likeness (QED) is 0.583. The maximum Gasteiger partial charge on any atom is 0.336 e. The van der Waals surface area contributed by atoms with E-state index in [1.807, 2.05) is 6.07 Å². The summed E-state index contributed by atoms with van der Waals surface area (Å²) in [6.45, 7) is 0. The molecular formula is C21H18BrNO5. The zero-order valence-corrected chi connectivity index (χ0v) is 17.1. The average Bonchev–Trinajstić information content (AvgIpc) is 2.70. The molecule has 0 saturated carbocycles. The first-order chi connectivity index (χ1) is 13.5. The van der Waals surface area contributed by atoms with E-state index >= 15 is 0 Å². The summed E-state index contributed by atoms with van der Waals surface area (Å²) in [6.07, 6.45) is 3.52. The van der Waals surface area contributed by atoms with Crippen molar-refractivity contribution in [3.8, 4) is 17.2 Å². The molecule has 1 aromatic heterocycles.